The maximum atomic E-state index is 12.6. The molecule has 0 radical (unpaired) electrons. The molecule has 0 aliphatic carbocycles. The van der Waals surface area contributed by atoms with Crippen molar-refractivity contribution in [2.45, 2.75) is 18.6 Å². The molecule has 0 aromatic rings. The van der Waals surface area contributed by atoms with Gasteiger partial charge in [0.1, 0.15) is 12.2 Å². The molecule has 1 fully saturated rings. The van der Waals surface area contributed by atoms with Crippen LogP contribution in [0.25, 0.3) is 0 Å². The Labute approximate surface area is 67.4 Å². The second-order valence-electron chi connectivity index (χ2n) is 2.62. The third-order valence-electron chi connectivity index (χ3n) is 1.78. The maximum absolute atomic E-state index is 12.6. The van der Waals surface area contributed by atoms with Crippen molar-refractivity contribution in [3.63, 3.8) is 0 Å². The van der Waals surface area contributed by atoms with Gasteiger partial charge in [-0.1, -0.05) is 0 Å². The first-order valence-electron chi connectivity index (χ1n) is 3.39. The normalized spacial score (nSPS) is 28.9. The van der Waals surface area contributed by atoms with E-state index in [4.69, 9.17) is 10.2 Å². The van der Waals surface area contributed by atoms with E-state index in [1.54, 1.807) is 0 Å². The highest BCUT2D eigenvalue weighted by Gasteiger charge is 2.39. The minimum atomic E-state index is -1.39. The Bertz CT molecular complexity index is 198. The Balaban J connectivity index is 2.72. The molecule has 0 bridgehead atoms. The minimum absolute atomic E-state index is 0.248. The molecule has 0 aromatic carbocycles. The number of hydrogen-bond acceptors (Lipinski definition) is 2. The van der Waals surface area contributed by atoms with Gasteiger partial charge in [-0.05, 0) is 0 Å². The van der Waals surface area contributed by atoms with E-state index in [1.165, 1.54) is 0 Å². The smallest absolute Gasteiger partial charge is 0.408 e. The zero-order valence-electron chi connectivity index (χ0n) is 6.11. The SMILES string of the molecule is O=C(O)[C@H]1CC(F)CN1C(=O)O. The van der Waals surface area contributed by atoms with Crippen molar-refractivity contribution in [2.24, 2.45) is 0 Å². The lowest BCUT2D eigenvalue weighted by molar-refractivity contribution is -0.141. The number of carboxylic acids is 1. The molecule has 5 nitrogen and oxygen atoms in total. The van der Waals surface area contributed by atoms with E-state index in [1.807, 2.05) is 0 Å². The zero-order valence-corrected chi connectivity index (χ0v) is 6.11. The van der Waals surface area contributed by atoms with Gasteiger partial charge < -0.3 is 10.2 Å². The molecule has 1 unspecified atom stereocenters. The van der Waals surface area contributed by atoms with E-state index in [9.17, 15) is 14.0 Å². The van der Waals surface area contributed by atoms with Crippen molar-refractivity contribution in [2.75, 3.05) is 6.54 Å². The van der Waals surface area contributed by atoms with Crippen LogP contribution in [-0.2, 0) is 4.79 Å². The lowest BCUT2D eigenvalue weighted by atomic mass is 10.2. The van der Waals surface area contributed by atoms with Crippen molar-refractivity contribution >= 4 is 12.1 Å². The van der Waals surface area contributed by atoms with Crippen LogP contribution >= 0.6 is 0 Å². The molecule has 2 atom stereocenters. The fourth-order valence-electron chi connectivity index (χ4n) is 1.23. The van der Waals surface area contributed by atoms with Gasteiger partial charge in [-0.2, -0.15) is 0 Å². The molecule has 6 heteroatoms. The van der Waals surface area contributed by atoms with Gasteiger partial charge in [0, 0.05) is 6.42 Å². The van der Waals surface area contributed by atoms with Gasteiger partial charge in [0.05, 0.1) is 6.54 Å². The average molecular weight is 177 g/mol. The van der Waals surface area contributed by atoms with E-state index in [0.717, 1.165) is 0 Å². The summed E-state index contributed by atoms with van der Waals surface area (Å²) in [6.07, 6.45) is -2.99. The highest BCUT2D eigenvalue weighted by atomic mass is 19.1. The second kappa shape index (κ2) is 2.96. The molecule has 1 saturated heterocycles. The van der Waals surface area contributed by atoms with Crippen LogP contribution in [0.5, 0.6) is 0 Å². The molecule has 1 heterocycles. The number of likely N-dealkylation sites (tertiary alicyclic amines) is 1. The molecule has 0 aromatic heterocycles. The van der Waals surface area contributed by atoms with Gasteiger partial charge in [0.15, 0.2) is 0 Å². The molecule has 0 spiro atoms. The molecule has 12 heavy (non-hydrogen) atoms. The van der Waals surface area contributed by atoms with Crippen molar-refractivity contribution in [1.82, 2.24) is 4.90 Å². The number of aliphatic carboxylic acids is 1. The summed E-state index contributed by atoms with van der Waals surface area (Å²) in [5.41, 5.74) is 0. The highest BCUT2D eigenvalue weighted by molar-refractivity contribution is 5.80. The maximum Gasteiger partial charge on any atom is 0.408 e. The molecule has 1 amide bonds. The van der Waals surface area contributed by atoms with Gasteiger partial charge >= 0.3 is 12.1 Å². The third-order valence-corrected chi connectivity index (χ3v) is 1.78. The molecular weight excluding hydrogens is 169 g/mol. The summed E-state index contributed by atoms with van der Waals surface area (Å²) >= 11 is 0. The summed E-state index contributed by atoms with van der Waals surface area (Å²) in [5, 5.41) is 16.9. The Kier molecular flexibility index (Phi) is 2.16. The summed E-state index contributed by atoms with van der Waals surface area (Å²) < 4.78 is 12.6. The van der Waals surface area contributed by atoms with Crippen LogP contribution in [0.1, 0.15) is 6.42 Å². The summed E-state index contributed by atoms with van der Waals surface area (Å²) in [6.45, 7) is -0.341. The number of hydrogen-bond donors (Lipinski definition) is 2. The van der Waals surface area contributed by atoms with Crippen LogP contribution < -0.4 is 0 Å². The van der Waals surface area contributed by atoms with Gasteiger partial charge in [-0.15, -0.1) is 0 Å². The van der Waals surface area contributed by atoms with E-state index in [0.29, 0.717) is 4.90 Å². The number of amides is 1. The first-order chi connectivity index (χ1) is 5.52. The first kappa shape index (κ1) is 8.76. The topological polar surface area (TPSA) is 77.8 Å². The Hall–Kier alpha value is -1.33. The zero-order chi connectivity index (χ0) is 9.30. The molecular formula is C6H8FNO4. The number of nitrogens with zero attached hydrogens (tertiary/aromatic N) is 1. The van der Waals surface area contributed by atoms with E-state index in [-0.39, 0.29) is 13.0 Å². The van der Waals surface area contributed by atoms with Crippen LogP contribution in [0.4, 0.5) is 9.18 Å². The quantitative estimate of drug-likeness (QED) is 0.598. The molecule has 1 aliphatic rings. The van der Waals surface area contributed by atoms with Crippen LogP contribution in [0, 0.1) is 0 Å². The first-order valence-corrected chi connectivity index (χ1v) is 3.39. The van der Waals surface area contributed by atoms with Gasteiger partial charge in [-0.25, -0.2) is 14.0 Å². The Morgan fingerprint density at radius 1 is 1.42 bits per heavy atom. The van der Waals surface area contributed by atoms with E-state index >= 15 is 0 Å². The fourth-order valence-corrected chi connectivity index (χ4v) is 1.23. The summed E-state index contributed by atoms with van der Waals surface area (Å²) in [4.78, 5) is 21.4. The summed E-state index contributed by atoms with van der Waals surface area (Å²) in [5.74, 6) is -1.29. The third kappa shape index (κ3) is 1.46. The minimum Gasteiger partial charge on any atom is -0.480 e. The monoisotopic (exact) mass is 177 g/mol. The average Bonchev–Trinajstić information content (AvgIpc) is 2.31. The number of carboxylic acid groups (broad SMARTS) is 2. The molecule has 1 aliphatic heterocycles. The van der Waals surface area contributed by atoms with E-state index in [2.05, 4.69) is 0 Å². The molecule has 2 N–H and O–H groups in total. The Morgan fingerprint density at radius 3 is 2.33 bits per heavy atom. The van der Waals surface area contributed by atoms with Crippen LogP contribution in [0.3, 0.4) is 0 Å². The second-order valence-corrected chi connectivity index (χ2v) is 2.62. The van der Waals surface area contributed by atoms with Crippen LogP contribution in [-0.4, -0.2) is 45.9 Å². The van der Waals surface area contributed by atoms with Crippen molar-refractivity contribution in [3.8, 4) is 0 Å². The lowest BCUT2D eigenvalue weighted by Crippen LogP contribution is -2.39. The van der Waals surface area contributed by atoms with E-state index < -0.39 is 24.3 Å². The fraction of sp³-hybridized carbons (Fsp3) is 0.667. The predicted octanol–water partition coefficient (Wildman–Crippen LogP) is 0.161. The number of carbonyl (C=O) groups is 2. The Morgan fingerprint density at radius 2 is 2.00 bits per heavy atom. The van der Waals surface area contributed by atoms with Crippen molar-refractivity contribution in [3.05, 3.63) is 0 Å². The molecule has 68 valence electrons. The predicted molar refractivity (Wildman–Crippen MR) is 35.7 cm³/mol. The molecule has 0 saturated carbocycles. The summed E-state index contributed by atoms with van der Waals surface area (Å²) in [7, 11) is 0. The number of alkyl halides is 1. The van der Waals surface area contributed by atoms with Crippen molar-refractivity contribution < 1.29 is 24.2 Å². The number of rotatable bonds is 1. The van der Waals surface area contributed by atoms with Crippen LogP contribution in [0.15, 0.2) is 0 Å². The van der Waals surface area contributed by atoms with Crippen LogP contribution in [0.2, 0.25) is 0 Å². The van der Waals surface area contributed by atoms with Gasteiger partial charge in [-0.3, -0.25) is 4.90 Å². The highest BCUT2D eigenvalue weighted by Crippen LogP contribution is 2.20. The van der Waals surface area contributed by atoms with Gasteiger partial charge in [0.25, 0.3) is 0 Å². The number of halogens is 1. The van der Waals surface area contributed by atoms with Gasteiger partial charge in [0.2, 0.25) is 0 Å². The summed E-state index contributed by atoms with van der Waals surface area (Å²) in [6, 6.07) is -1.22. The largest absolute Gasteiger partial charge is 0.480 e. The lowest BCUT2D eigenvalue weighted by Gasteiger charge is -2.16. The van der Waals surface area contributed by atoms with Crippen molar-refractivity contribution in [1.29, 1.82) is 0 Å². The molecule has 1 rings (SSSR count). The standard InChI is InChI=1S/C6H8FNO4/c7-3-1-4(5(9)10)8(2-3)6(11)12/h3-4H,1-2H2,(H,9,10)(H,11,12)/t3?,4-/m1/s1.